The Morgan fingerprint density at radius 2 is 2.05 bits per heavy atom. The minimum atomic E-state index is -0.922. The number of urea groups is 1. The van der Waals surface area contributed by atoms with Gasteiger partial charge < -0.3 is 15.7 Å². The normalized spacial score (nSPS) is 24.6. The highest BCUT2D eigenvalue weighted by Gasteiger charge is 2.45. The van der Waals surface area contributed by atoms with Gasteiger partial charge in [-0.05, 0) is 38.0 Å². The maximum Gasteiger partial charge on any atom is 0.319 e. The van der Waals surface area contributed by atoms with Crippen LogP contribution < -0.4 is 10.6 Å². The zero-order valence-electron chi connectivity index (χ0n) is 11.5. The van der Waals surface area contributed by atoms with E-state index in [0.717, 1.165) is 6.42 Å². The first-order valence-electron chi connectivity index (χ1n) is 6.59. The van der Waals surface area contributed by atoms with Crippen molar-refractivity contribution in [2.75, 3.05) is 5.32 Å². The summed E-state index contributed by atoms with van der Waals surface area (Å²) in [7, 11) is 0. The number of anilines is 1. The Kier molecular flexibility index (Phi) is 4.64. The lowest BCUT2D eigenvalue weighted by atomic mass is 9.85. The third-order valence-electron chi connectivity index (χ3n) is 3.93. The van der Waals surface area contributed by atoms with Gasteiger partial charge in [0, 0.05) is 11.7 Å². The fourth-order valence-electron chi connectivity index (χ4n) is 2.55. The molecule has 0 bridgehead atoms. The molecule has 2 atom stereocenters. The Morgan fingerprint density at radius 3 is 2.67 bits per heavy atom. The van der Waals surface area contributed by atoms with Gasteiger partial charge in [0.15, 0.2) is 0 Å². The van der Waals surface area contributed by atoms with Crippen LogP contribution in [0.4, 0.5) is 10.5 Å². The van der Waals surface area contributed by atoms with E-state index >= 15 is 0 Å². The number of benzene rings is 1. The summed E-state index contributed by atoms with van der Waals surface area (Å²) in [5, 5.41) is 15.4. The molecule has 7 heteroatoms. The van der Waals surface area contributed by atoms with E-state index in [1.807, 2.05) is 0 Å². The molecular formula is C14H16Cl2N2O3. The van der Waals surface area contributed by atoms with Gasteiger partial charge in [-0.15, -0.1) is 0 Å². The summed E-state index contributed by atoms with van der Waals surface area (Å²) < 4.78 is 0. The van der Waals surface area contributed by atoms with Gasteiger partial charge in [0.25, 0.3) is 0 Å². The second-order valence-electron chi connectivity index (χ2n) is 5.39. The highest BCUT2D eigenvalue weighted by molar-refractivity contribution is 6.42. The fourth-order valence-corrected chi connectivity index (χ4v) is 2.85. The summed E-state index contributed by atoms with van der Waals surface area (Å²) in [6.07, 6.45) is 1.98. The molecule has 0 spiro atoms. The van der Waals surface area contributed by atoms with Crippen molar-refractivity contribution in [3.63, 3.8) is 0 Å². The van der Waals surface area contributed by atoms with Gasteiger partial charge in [-0.2, -0.15) is 0 Å². The molecule has 114 valence electrons. The first-order chi connectivity index (χ1) is 9.83. The number of hydrogen-bond acceptors (Lipinski definition) is 2. The maximum absolute atomic E-state index is 12.0. The van der Waals surface area contributed by atoms with Gasteiger partial charge >= 0.3 is 12.0 Å². The van der Waals surface area contributed by atoms with E-state index < -0.39 is 23.5 Å². The molecule has 2 amide bonds. The van der Waals surface area contributed by atoms with Crippen LogP contribution in [0.3, 0.4) is 0 Å². The predicted molar refractivity (Wildman–Crippen MR) is 82.0 cm³/mol. The quantitative estimate of drug-likeness (QED) is 0.789. The Balaban J connectivity index is 2.01. The Labute approximate surface area is 132 Å². The van der Waals surface area contributed by atoms with Crippen LogP contribution >= 0.6 is 23.2 Å². The third kappa shape index (κ3) is 3.41. The first kappa shape index (κ1) is 15.9. The molecule has 0 saturated heterocycles. The molecule has 0 heterocycles. The van der Waals surface area contributed by atoms with Crippen LogP contribution in [0.5, 0.6) is 0 Å². The molecule has 1 saturated carbocycles. The van der Waals surface area contributed by atoms with E-state index in [1.165, 1.54) is 6.07 Å². The number of halogens is 2. The van der Waals surface area contributed by atoms with Crippen LogP contribution in [0.25, 0.3) is 0 Å². The van der Waals surface area contributed by atoms with Gasteiger partial charge in [-0.3, -0.25) is 4.79 Å². The van der Waals surface area contributed by atoms with E-state index in [2.05, 4.69) is 10.6 Å². The second kappa shape index (κ2) is 6.12. The number of carbonyl (C=O) groups excluding carboxylic acids is 1. The van der Waals surface area contributed by atoms with Gasteiger partial charge in [0.05, 0.1) is 15.5 Å². The van der Waals surface area contributed by atoms with Crippen molar-refractivity contribution in [1.82, 2.24) is 5.32 Å². The largest absolute Gasteiger partial charge is 0.481 e. The van der Waals surface area contributed by atoms with Gasteiger partial charge in [-0.1, -0.05) is 29.6 Å². The zero-order valence-corrected chi connectivity index (χ0v) is 13.0. The highest BCUT2D eigenvalue weighted by Crippen LogP contribution is 2.38. The minimum Gasteiger partial charge on any atom is -0.481 e. The number of rotatable bonds is 3. The number of nitrogens with one attached hydrogen (secondary N) is 2. The van der Waals surface area contributed by atoms with Crippen molar-refractivity contribution in [3.8, 4) is 0 Å². The van der Waals surface area contributed by atoms with Crippen molar-refractivity contribution in [2.45, 2.75) is 32.2 Å². The SMILES string of the molecule is CC1(C(=O)O)CCCC1NC(=O)Nc1ccc(Cl)c(Cl)c1. The molecule has 2 unspecified atom stereocenters. The lowest BCUT2D eigenvalue weighted by Crippen LogP contribution is -2.48. The van der Waals surface area contributed by atoms with E-state index in [0.29, 0.717) is 28.6 Å². The van der Waals surface area contributed by atoms with Crippen LogP contribution in [-0.2, 0) is 4.79 Å². The lowest BCUT2D eigenvalue weighted by molar-refractivity contribution is -0.148. The van der Waals surface area contributed by atoms with Crippen LogP contribution in [0.2, 0.25) is 10.0 Å². The maximum atomic E-state index is 12.0. The summed E-state index contributed by atoms with van der Waals surface area (Å²) in [5.74, 6) is -0.889. The molecule has 5 nitrogen and oxygen atoms in total. The standard InChI is InChI=1S/C14H16Cl2N2O3/c1-14(12(19)20)6-2-3-11(14)18-13(21)17-8-4-5-9(15)10(16)7-8/h4-5,7,11H,2-3,6H2,1H3,(H,19,20)(H2,17,18,21). The number of carboxylic acid groups (broad SMARTS) is 1. The number of amides is 2. The van der Waals surface area contributed by atoms with E-state index in [9.17, 15) is 14.7 Å². The molecule has 1 aromatic carbocycles. The predicted octanol–water partition coefficient (Wildman–Crippen LogP) is 3.76. The molecule has 1 aromatic rings. The molecule has 21 heavy (non-hydrogen) atoms. The summed E-state index contributed by atoms with van der Waals surface area (Å²) in [4.78, 5) is 23.3. The number of aliphatic carboxylic acids is 1. The molecule has 3 N–H and O–H groups in total. The first-order valence-corrected chi connectivity index (χ1v) is 7.34. The van der Waals surface area contributed by atoms with Crippen LogP contribution in [0, 0.1) is 5.41 Å². The van der Waals surface area contributed by atoms with Crippen molar-refractivity contribution in [1.29, 1.82) is 0 Å². The average molecular weight is 331 g/mol. The summed E-state index contributed by atoms with van der Waals surface area (Å²) >= 11 is 11.7. The third-order valence-corrected chi connectivity index (χ3v) is 4.67. The Morgan fingerprint density at radius 1 is 1.33 bits per heavy atom. The lowest BCUT2D eigenvalue weighted by Gasteiger charge is -2.27. The average Bonchev–Trinajstić information content (AvgIpc) is 2.77. The zero-order chi connectivity index (χ0) is 15.6. The van der Waals surface area contributed by atoms with Crippen molar-refractivity contribution in [3.05, 3.63) is 28.2 Å². The molecule has 1 aliphatic carbocycles. The van der Waals surface area contributed by atoms with Gasteiger partial charge in [-0.25, -0.2) is 4.79 Å². The number of carboxylic acids is 1. The van der Waals surface area contributed by atoms with Crippen molar-refractivity contribution < 1.29 is 14.7 Å². The molecule has 0 aromatic heterocycles. The Hall–Kier alpha value is -1.46. The van der Waals surface area contributed by atoms with Crippen molar-refractivity contribution in [2.24, 2.45) is 5.41 Å². The summed E-state index contributed by atoms with van der Waals surface area (Å²) in [6, 6.07) is 3.90. The molecule has 0 aliphatic heterocycles. The number of hydrogen-bond donors (Lipinski definition) is 3. The second-order valence-corrected chi connectivity index (χ2v) is 6.21. The van der Waals surface area contributed by atoms with Gasteiger partial charge in [0.2, 0.25) is 0 Å². The van der Waals surface area contributed by atoms with Crippen LogP contribution in [-0.4, -0.2) is 23.1 Å². The fraction of sp³-hybridized carbons (Fsp3) is 0.429. The molecule has 2 rings (SSSR count). The minimum absolute atomic E-state index is 0.339. The monoisotopic (exact) mass is 330 g/mol. The smallest absolute Gasteiger partial charge is 0.319 e. The summed E-state index contributed by atoms with van der Waals surface area (Å²) in [6.45, 7) is 1.66. The van der Waals surface area contributed by atoms with E-state index in [1.54, 1.807) is 19.1 Å². The number of carbonyl (C=O) groups is 2. The van der Waals surface area contributed by atoms with Crippen LogP contribution in [0.15, 0.2) is 18.2 Å². The topological polar surface area (TPSA) is 78.4 Å². The summed E-state index contributed by atoms with van der Waals surface area (Å²) in [5.41, 5.74) is -0.424. The molecule has 1 fully saturated rings. The Bertz CT molecular complexity index is 579. The highest BCUT2D eigenvalue weighted by atomic mass is 35.5. The molecular weight excluding hydrogens is 315 g/mol. The van der Waals surface area contributed by atoms with E-state index in [-0.39, 0.29) is 0 Å². The molecule has 1 aliphatic rings. The molecule has 0 radical (unpaired) electrons. The van der Waals surface area contributed by atoms with Crippen molar-refractivity contribution >= 4 is 40.9 Å². The van der Waals surface area contributed by atoms with Gasteiger partial charge in [0.1, 0.15) is 0 Å². The van der Waals surface area contributed by atoms with Crippen LogP contribution in [0.1, 0.15) is 26.2 Å². The van der Waals surface area contributed by atoms with E-state index in [4.69, 9.17) is 23.2 Å².